The summed E-state index contributed by atoms with van der Waals surface area (Å²) in [6.45, 7) is 8.22. The third-order valence-electron chi connectivity index (χ3n) is 2.82. The predicted molar refractivity (Wildman–Crippen MR) is 73.9 cm³/mol. The number of nitrogens with zero attached hydrogens (tertiary/aromatic N) is 1. The Bertz CT molecular complexity index is 302. The summed E-state index contributed by atoms with van der Waals surface area (Å²) in [4.78, 5) is 24.1. The number of ether oxygens (including phenoxy) is 1. The van der Waals surface area contributed by atoms with Crippen molar-refractivity contribution in [3.05, 3.63) is 12.7 Å². The molecule has 0 radical (unpaired) electrons. The summed E-state index contributed by atoms with van der Waals surface area (Å²) in [7, 11) is 1.50. The quantitative estimate of drug-likeness (QED) is 0.487. The van der Waals surface area contributed by atoms with Crippen LogP contribution in [0.3, 0.4) is 0 Å². The first-order chi connectivity index (χ1) is 8.90. The molecule has 5 nitrogen and oxygen atoms in total. The van der Waals surface area contributed by atoms with Crippen molar-refractivity contribution in [3.8, 4) is 0 Å². The molecule has 19 heavy (non-hydrogen) atoms. The van der Waals surface area contributed by atoms with Crippen molar-refractivity contribution in [1.82, 2.24) is 4.90 Å². The third-order valence-corrected chi connectivity index (χ3v) is 2.82. The van der Waals surface area contributed by atoms with Crippen molar-refractivity contribution in [1.29, 1.82) is 0 Å². The lowest BCUT2D eigenvalue weighted by atomic mass is 10.1. The largest absolute Gasteiger partial charge is 0.480 e. The summed E-state index contributed by atoms with van der Waals surface area (Å²) < 4.78 is 5.35. The van der Waals surface area contributed by atoms with Crippen molar-refractivity contribution < 1.29 is 19.4 Å². The lowest BCUT2D eigenvalue weighted by Gasteiger charge is -2.24. The van der Waals surface area contributed by atoms with Crippen molar-refractivity contribution in [2.24, 2.45) is 5.92 Å². The van der Waals surface area contributed by atoms with Gasteiger partial charge in [-0.15, -0.1) is 6.58 Å². The van der Waals surface area contributed by atoms with Gasteiger partial charge < -0.3 is 14.7 Å². The molecule has 0 aromatic carbocycles. The minimum Gasteiger partial charge on any atom is -0.480 e. The second kappa shape index (κ2) is 9.55. The van der Waals surface area contributed by atoms with E-state index in [1.54, 1.807) is 6.08 Å². The molecule has 0 fully saturated rings. The van der Waals surface area contributed by atoms with E-state index in [2.05, 4.69) is 20.4 Å². The molecule has 1 atom stereocenters. The van der Waals surface area contributed by atoms with Crippen molar-refractivity contribution in [2.45, 2.75) is 39.2 Å². The number of carbonyl (C=O) groups is 2. The zero-order valence-electron chi connectivity index (χ0n) is 12.1. The molecule has 0 spiro atoms. The highest BCUT2D eigenvalue weighted by Crippen LogP contribution is 2.05. The van der Waals surface area contributed by atoms with Crippen molar-refractivity contribution in [3.63, 3.8) is 0 Å². The summed E-state index contributed by atoms with van der Waals surface area (Å²) in [6.07, 6.45) is 3.33. The minimum atomic E-state index is -1.04. The summed E-state index contributed by atoms with van der Waals surface area (Å²) in [5.74, 6) is -0.742. The smallest absolute Gasteiger partial charge is 0.328 e. The van der Waals surface area contributed by atoms with Crippen LogP contribution in [0, 0.1) is 5.92 Å². The number of hydrogen-bond acceptors (Lipinski definition) is 3. The lowest BCUT2D eigenvalue weighted by Crippen LogP contribution is -2.45. The zero-order chi connectivity index (χ0) is 14.8. The Hall–Kier alpha value is -1.36. The zero-order valence-corrected chi connectivity index (χ0v) is 12.1. The molecular weight excluding hydrogens is 246 g/mol. The Kier molecular flexibility index (Phi) is 8.87. The van der Waals surface area contributed by atoms with Crippen LogP contribution in [0.4, 0.5) is 0 Å². The Morgan fingerprint density at radius 3 is 2.53 bits per heavy atom. The van der Waals surface area contributed by atoms with Crippen LogP contribution in [0.2, 0.25) is 0 Å². The van der Waals surface area contributed by atoms with E-state index < -0.39 is 12.0 Å². The first-order valence-corrected chi connectivity index (χ1v) is 6.57. The van der Waals surface area contributed by atoms with Gasteiger partial charge in [0, 0.05) is 20.1 Å². The molecule has 110 valence electrons. The van der Waals surface area contributed by atoms with Gasteiger partial charge in [-0.05, 0) is 18.8 Å². The second-order valence-corrected chi connectivity index (χ2v) is 4.94. The predicted octanol–water partition coefficient (Wildman–Crippen LogP) is 1.93. The van der Waals surface area contributed by atoms with Gasteiger partial charge in [0.1, 0.15) is 0 Å². The van der Waals surface area contributed by atoms with Gasteiger partial charge >= 0.3 is 5.97 Å². The van der Waals surface area contributed by atoms with E-state index in [4.69, 9.17) is 9.84 Å². The highest BCUT2D eigenvalue weighted by atomic mass is 16.5. The van der Waals surface area contributed by atoms with E-state index in [0.717, 1.165) is 6.42 Å². The van der Waals surface area contributed by atoms with E-state index >= 15 is 0 Å². The summed E-state index contributed by atoms with van der Waals surface area (Å²) in [5.41, 5.74) is 0. The van der Waals surface area contributed by atoms with Gasteiger partial charge in [-0.2, -0.15) is 0 Å². The number of aliphatic carboxylic acids is 1. The fourth-order valence-corrected chi connectivity index (χ4v) is 1.44. The molecule has 0 bridgehead atoms. The highest BCUT2D eigenvalue weighted by Gasteiger charge is 2.26. The molecule has 0 aromatic heterocycles. The number of allylic oxidation sites excluding steroid dienone is 1. The third kappa shape index (κ3) is 7.62. The molecule has 0 heterocycles. The van der Waals surface area contributed by atoms with Crippen LogP contribution in [0.5, 0.6) is 0 Å². The second-order valence-electron chi connectivity index (χ2n) is 4.94. The minimum absolute atomic E-state index is 0.0262. The first kappa shape index (κ1) is 17.6. The molecule has 0 aliphatic rings. The summed E-state index contributed by atoms with van der Waals surface area (Å²) in [6, 6.07) is -0.926. The molecule has 1 N–H and O–H groups in total. The van der Waals surface area contributed by atoms with E-state index in [0.29, 0.717) is 18.9 Å². The van der Waals surface area contributed by atoms with Gasteiger partial charge in [0.2, 0.25) is 5.91 Å². The van der Waals surface area contributed by atoms with Crippen molar-refractivity contribution >= 4 is 11.9 Å². The van der Waals surface area contributed by atoms with Crippen LogP contribution in [-0.4, -0.2) is 48.2 Å². The number of carbonyl (C=O) groups excluding carboxylic acids is 1. The van der Waals surface area contributed by atoms with Gasteiger partial charge in [-0.3, -0.25) is 4.79 Å². The molecule has 0 rings (SSSR count). The lowest BCUT2D eigenvalue weighted by molar-refractivity contribution is -0.151. The average Bonchev–Trinajstić information content (AvgIpc) is 2.34. The number of rotatable bonds is 10. The number of hydrogen-bond donors (Lipinski definition) is 1. The fraction of sp³-hybridized carbons (Fsp3) is 0.714. The Labute approximate surface area is 115 Å². The molecule has 0 aliphatic heterocycles. The Morgan fingerprint density at radius 1 is 1.42 bits per heavy atom. The van der Waals surface area contributed by atoms with Crippen LogP contribution >= 0.6 is 0 Å². The SMILES string of the molecule is C=CCCC(=O)N(C)[C@@H](COCCC(C)C)C(=O)O. The number of likely N-dealkylation sites (N-methyl/N-ethyl adjacent to an activating group) is 1. The number of carboxylic acid groups (broad SMARTS) is 1. The fourth-order valence-electron chi connectivity index (χ4n) is 1.44. The summed E-state index contributed by atoms with van der Waals surface area (Å²) in [5, 5.41) is 9.13. The molecular formula is C14H25NO4. The Morgan fingerprint density at radius 2 is 2.05 bits per heavy atom. The van der Waals surface area contributed by atoms with E-state index in [1.165, 1.54) is 11.9 Å². The number of amides is 1. The first-order valence-electron chi connectivity index (χ1n) is 6.57. The van der Waals surface area contributed by atoms with E-state index in [1.807, 2.05) is 0 Å². The van der Waals surface area contributed by atoms with E-state index in [9.17, 15) is 9.59 Å². The molecule has 0 aliphatic carbocycles. The Balaban J connectivity index is 4.26. The van der Waals surface area contributed by atoms with Gasteiger partial charge in [-0.1, -0.05) is 19.9 Å². The van der Waals surface area contributed by atoms with Gasteiger partial charge in [0.05, 0.1) is 6.61 Å². The molecule has 0 saturated carbocycles. The standard InChI is InChI=1S/C14H25NO4/c1-5-6-7-13(16)15(4)12(14(17)18)10-19-9-8-11(2)3/h5,11-12H,1,6-10H2,2-4H3,(H,17,18)/t12-/m0/s1. The number of carboxylic acids is 1. The molecule has 1 amide bonds. The highest BCUT2D eigenvalue weighted by molar-refractivity contribution is 5.83. The van der Waals surface area contributed by atoms with Crippen LogP contribution in [0.25, 0.3) is 0 Å². The molecule has 0 unspecified atom stereocenters. The van der Waals surface area contributed by atoms with Crippen molar-refractivity contribution in [2.75, 3.05) is 20.3 Å². The van der Waals surface area contributed by atoms with Gasteiger partial charge in [0.15, 0.2) is 6.04 Å². The monoisotopic (exact) mass is 271 g/mol. The van der Waals surface area contributed by atoms with E-state index in [-0.39, 0.29) is 18.9 Å². The maximum Gasteiger partial charge on any atom is 0.328 e. The van der Waals surface area contributed by atoms with Crippen LogP contribution in [0.15, 0.2) is 12.7 Å². The maximum atomic E-state index is 11.7. The average molecular weight is 271 g/mol. The van der Waals surface area contributed by atoms with Gasteiger partial charge in [0.25, 0.3) is 0 Å². The summed E-state index contributed by atoms with van der Waals surface area (Å²) >= 11 is 0. The van der Waals surface area contributed by atoms with Crippen LogP contribution in [0.1, 0.15) is 33.1 Å². The van der Waals surface area contributed by atoms with Gasteiger partial charge in [-0.25, -0.2) is 4.79 Å². The maximum absolute atomic E-state index is 11.7. The molecule has 5 heteroatoms. The van der Waals surface area contributed by atoms with Crippen LogP contribution < -0.4 is 0 Å². The molecule has 0 aromatic rings. The normalized spacial score (nSPS) is 12.2. The topological polar surface area (TPSA) is 66.8 Å². The van der Waals surface area contributed by atoms with Crippen LogP contribution in [-0.2, 0) is 14.3 Å². The molecule has 0 saturated heterocycles.